The van der Waals surface area contributed by atoms with Gasteiger partial charge in [0.15, 0.2) is 18.1 Å². The van der Waals surface area contributed by atoms with Crippen molar-refractivity contribution in [2.75, 3.05) is 26.4 Å². The average molecular weight is 283 g/mol. The van der Waals surface area contributed by atoms with Gasteiger partial charge in [-0.25, -0.2) is 0 Å². The highest BCUT2D eigenvalue weighted by Crippen LogP contribution is 2.26. The van der Waals surface area contributed by atoms with E-state index in [1.54, 1.807) is 18.2 Å². The minimum absolute atomic E-state index is 0.0429. The van der Waals surface area contributed by atoms with Crippen LogP contribution in [0.5, 0.6) is 11.5 Å². The van der Waals surface area contributed by atoms with E-state index < -0.39 is 12.2 Å². The van der Waals surface area contributed by atoms with E-state index in [1.165, 1.54) is 6.92 Å². The molecule has 0 aliphatic rings. The number of aliphatic hydroxyl groups is 2. The molecule has 0 aliphatic heterocycles. The van der Waals surface area contributed by atoms with E-state index in [9.17, 15) is 9.90 Å². The number of rotatable bonds is 8. The highest BCUT2D eigenvalue weighted by molar-refractivity contribution is 5.77. The lowest BCUT2D eigenvalue weighted by atomic mass is 10.1. The summed E-state index contributed by atoms with van der Waals surface area (Å²) in [6.45, 7) is 3.14. The molecule has 0 aliphatic carbocycles. The standard InChI is InChI=1S/C14H21NO5/c1-3-19-11-6-4-5-7-12(11)20-8-13(17)15-9-14(2,18)10-16/h4-7,16,18H,3,8-10H2,1-2H3,(H,15,17). The first-order chi connectivity index (χ1) is 9.48. The molecule has 0 spiro atoms. The fraction of sp³-hybridized carbons (Fsp3) is 0.500. The molecular weight excluding hydrogens is 262 g/mol. The Labute approximate surface area is 118 Å². The van der Waals surface area contributed by atoms with Crippen molar-refractivity contribution in [3.8, 4) is 11.5 Å². The number of aliphatic hydroxyl groups excluding tert-OH is 1. The number of hydrogen-bond acceptors (Lipinski definition) is 5. The monoisotopic (exact) mass is 283 g/mol. The minimum Gasteiger partial charge on any atom is -0.490 e. The van der Waals surface area contributed by atoms with Crippen molar-refractivity contribution in [3.05, 3.63) is 24.3 Å². The van der Waals surface area contributed by atoms with Crippen LogP contribution < -0.4 is 14.8 Å². The molecule has 0 radical (unpaired) electrons. The Morgan fingerprint density at radius 3 is 2.45 bits per heavy atom. The molecule has 0 heterocycles. The SMILES string of the molecule is CCOc1ccccc1OCC(=O)NCC(C)(O)CO. The second-order valence-corrected chi connectivity index (χ2v) is 4.60. The van der Waals surface area contributed by atoms with Crippen LogP contribution in [0.4, 0.5) is 0 Å². The van der Waals surface area contributed by atoms with E-state index in [2.05, 4.69) is 5.32 Å². The summed E-state index contributed by atoms with van der Waals surface area (Å²) in [6, 6.07) is 7.07. The Balaban J connectivity index is 2.45. The zero-order valence-electron chi connectivity index (χ0n) is 11.8. The third kappa shape index (κ3) is 5.46. The molecule has 0 bridgehead atoms. The number of carbonyl (C=O) groups is 1. The molecule has 1 aromatic rings. The highest BCUT2D eigenvalue weighted by atomic mass is 16.5. The molecule has 1 aromatic carbocycles. The van der Waals surface area contributed by atoms with Crippen LogP contribution in [-0.4, -0.2) is 48.1 Å². The third-order valence-electron chi connectivity index (χ3n) is 2.51. The molecule has 1 atom stereocenters. The van der Waals surface area contributed by atoms with Gasteiger partial charge in [0.1, 0.15) is 5.60 Å². The zero-order chi connectivity index (χ0) is 15.0. The predicted octanol–water partition coefficient (Wildman–Crippen LogP) is 0.324. The van der Waals surface area contributed by atoms with Gasteiger partial charge in [-0.1, -0.05) is 12.1 Å². The number of benzene rings is 1. The van der Waals surface area contributed by atoms with Crippen molar-refractivity contribution >= 4 is 5.91 Å². The number of amides is 1. The number of carbonyl (C=O) groups excluding carboxylic acids is 1. The Morgan fingerprint density at radius 1 is 1.30 bits per heavy atom. The maximum atomic E-state index is 11.6. The first-order valence-electron chi connectivity index (χ1n) is 6.43. The summed E-state index contributed by atoms with van der Waals surface area (Å²) >= 11 is 0. The summed E-state index contributed by atoms with van der Waals surface area (Å²) < 4.78 is 10.7. The fourth-order valence-electron chi connectivity index (χ4n) is 1.38. The van der Waals surface area contributed by atoms with Crippen molar-refractivity contribution in [1.29, 1.82) is 0 Å². The Bertz CT molecular complexity index is 433. The molecule has 0 fully saturated rings. The lowest BCUT2D eigenvalue weighted by molar-refractivity contribution is -0.124. The van der Waals surface area contributed by atoms with Gasteiger partial charge in [-0.15, -0.1) is 0 Å². The molecule has 1 amide bonds. The van der Waals surface area contributed by atoms with Crippen LogP contribution in [0.1, 0.15) is 13.8 Å². The average Bonchev–Trinajstić information content (AvgIpc) is 2.44. The topological polar surface area (TPSA) is 88.0 Å². The van der Waals surface area contributed by atoms with Gasteiger partial charge >= 0.3 is 0 Å². The molecular formula is C14H21NO5. The maximum Gasteiger partial charge on any atom is 0.258 e. The van der Waals surface area contributed by atoms with Gasteiger partial charge in [-0.3, -0.25) is 4.79 Å². The van der Waals surface area contributed by atoms with Gasteiger partial charge in [0.2, 0.25) is 0 Å². The number of para-hydroxylation sites is 2. The van der Waals surface area contributed by atoms with Crippen molar-refractivity contribution in [1.82, 2.24) is 5.32 Å². The highest BCUT2D eigenvalue weighted by Gasteiger charge is 2.19. The van der Waals surface area contributed by atoms with E-state index in [0.717, 1.165) is 0 Å². The largest absolute Gasteiger partial charge is 0.490 e. The van der Waals surface area contributed by atoms with Crippen LogP contribution in [-0.2, 0) is 4.79 Å². The molecule has 0 aromatic heterocycles. The smallest absolute Gasteiger partial charge is 0.258 e. The van der Waals surface area contributed by atoms with E-state index in [-0.39, 0.29) is 19.1 Å². The summed E-state index contributed by atoms with van der Waals surface area (Å²) in [4.78, 5) is 11.6. The first kappa shape index (κ1) is 16.3. The van der Waals surface area contributed by atoms with Crippen LogP contribution >= 0.6 is 0 Å². The van der Waals surface area contributed by atoms with E-state index in [1.807, 2.05) is 13.0 Å². The molecule has 3 N–H and O–H groups in total. The summed E-state index contributed by atoms with van der Waals surface area (Å²) in [5.41, 5.74) is -1.33. The molecule has 6 heteroatoms. The number of hydrogen-bond donors (Lipinski definition) is 3. The normalized spacial score (nSPS) is 13.4. The summed E-state index contributed by atoms with van der Waals surface area (Å²) in [5.74, 6) is 0.675. The summed E-state index contributed by atoms with van der Waals surface area (Å²) in [7, 11) is 0. The second kappa shape index (κ2) is 7.72. The van der Waals surface area contributed by atoms with Crippen LogP contribution in [0, 0.1) is 0 Å². The zero-order valence-corrected chi connectivity index (χ0v) is 11.8. The van der Waals surface area contributed by atoms with Crippen molar-refractivity contribution < 1.29 is 24.5 Å². The number of nitrogens with one attached hydrogen (secondary N) is 1. The molecule has 1 rings (SSSR count). The van der Waals surface area contributed by atoms with Gasteiger partial charge in [0.05, 0.1) is 13.2 Å². The lowest BCUT2D eigenvalue weighted by Crippen LogP contribution is -2.44. The van der Waals surface area contributed by atoms with Gasteiger partial charge in [-0.05, 0) is 26.0 Å². The van der Waals surface area contributed by atoms with Crippen LogP contribution in [0.15, 0.2) is 24.3 Å². The summed E-state index contributed by atoms with van der Waals surface area (Å²) in [5, 5.41) is 20.9. The van der Waals surface area contributed by atoms with Gasteiger partial charge < -0.3 is 25.0 Å². The van der Waals surface area contributed by atoms with Crippen LogP contribution in [0.25, 0.3) is 0 Å². The van der Waals surface area contributed by atoms with Gasteiger partial charge in [0, 0.05) is 6.54 Å². The van der Waals surface area contributed by atoms with Crippen molar-refractivity contribution in [2.24, 2.45) is 0 Å². The second-order valence-electron chi connectivity index (χ2n) is 4.60. The van der Waals surface area contributed by atoms with E-state index >= 15 is 0 Å². The molecule has 6 nitrogen and oxygen atoms in total. The van der Waals surface area contributed by atoms with Crippen LogP contribution in [0.3, 0.4) is 0 Å². The van der Waals surface area contributed by atoms with E-state index in [0.29, 0.717) is 18.1 Å². The predicted molar refractivity (Wildman–Crippen MR) is 73.8 cm³/mol. The first-order valence-corrected chi connectivity index (χ1v) is 6.43. The van der Waals surface area contributed by atoms with Crippen molar-refractivity contribution in [3.63, 3.8) is 0 Å². The number of ether oxygens (including phenoxy) is 2. The fourth-order valence-corrected chi connectivity index (χ4v) is 1.38. The Kier molecular flexibility index (Phi) is 6.27. The molecule has 1 unspecified atom stereocenters. The Hall–Kier alpha value is -1.79. The van der Waals surface area contributed by atoms with Crippen LogP contribution in [0.2, 0.25) is 0 Å². The van der Waals surface area contributed by atoms with E-state index in [4.69, 9.17) is 14.6 Å². The minimum atomic E-state index is -1.33. The van der Waals surface area contributed by atoms with Crippen molar-refractivity contribution in [2.45, 2.75) is 19.4 Å². The molecule has 112 valence electrons. The molecule has 0 saturated carbocycles. The quantitative estimate of drug-likeness (QED) is 0.639. The van der Waals surface area contributed by atoms with Gasteiger partial charge in [0.25, 0.3) is 5.91 Å². The maximum absolute atomic E-state index is 11.6. The lowest BCUT2D eigenvalue weighted by Gasteiger charge is -2.20. The Morgan fingerprint density at radius 2 is 1.90 bits per heavy atom. The summed E-state index contributed by atoms with van der Waals surface area (Å²) in [6.07, 6.45) is 0. The van der Waals surface area contributed by atoms with Gasteiger partial charge in [-0.2, -0.15) is 0 Å². The molecule has 20 heavy (non-hydrogen) atoms. The molecule has 0 saturated heterocycles. The third-order valence-corrected chi connectivity index (χ3v) is 2.51.